The van der Waals surface area contributed by atoms with Crippen molar-refractivity contribution in [1.82, 2.24) is 14.9 Å². The number of hydrogen-bond acceptors (Lipinski definition) is 6. The molecule has 1 aromatic heterocycles. The molecule has 0 saturated carbocycles. The predicted octanol–water partition coefficient (Wildman–Crippen LogP) is 2.78. The number of aromatic hydroxyl groups is 1. The first-order chi connectivity index (χ1) is 14.4. The molecule has 2 aromatic carbocycles. The Labute approximate surface area is 174 Å². The first-order valence-corrected chi connectivity index (χ1v) is 9.89. The van der Waals surface area contributed by atoms with Gasteiger partial charge in [0.05, 0.1) is 5.52 Å². The van der Waals surface area contributed by atoms with Crippen molar-refractivity contribution in [1.29, 1.82) is 5.41 Å². The number of phenolic OH excluding ortho intramolecular Hbond substituents is 1. The summed E-state index contributed by atoms with van der Waals surface area (Å²) in [4.78, 5) is 23.4. The molecule has 1 amide bonds. The van der Waals surface area contributed by atoms with E-state index in [2.05, 4.69) is 15.3 Å². The van der Waals surface area contributed by atoms with Crippen LogP contribution in [-0.2, 0) is 6.54 Å². The van der Waals surface area contributed by atoms with Gasteiger partial charge in [0.15, 0.2) is 0 Å². The third-order valence-corrected chi connectivity index (χ3v) is 5.43. The van der Waals surface area contributed by atoms with Crippen LogP contribution in [-0.4, -0.2) is 44.8 Å². The minimum Gasteiger partial charge on any atom is -0.508 e. The van der Waals surface area contributed by atoms with Crippen molar-refractivity contribution >= 4 is 28.5 Å². The largest absolute Gasteiger partial charge is 0.508 e. The van der Waals surface area contributed by atoms with Gasteiger partial charge in [0.2, 0.25) is 0 Å². The number of fused-ring (bicyclic) bond motifs is 1. The number of rotatable bonds is 5. The summed E-state index contributed by atoms with van der Waals surface area (Å²) in [6.07, 6.45) is 3.55. The molecule has 3 aromatic rings. The highest BCUT2D eigenvalue weighted by Gasteiger charge is 2.22. The number of nitrogens with two attached hydrogens (primary N) is 1. The molecule has 4 rings (SSSR count). The number of likely N-dealkylation sites (tertiary alicyclic amines) is 1. The molecule has 154 valence electrons. The highest BCUT2D eigenvalue weighted by Crippen LogP contribution is 2.26. The molecular formula is C22H24N6O2. The fraction of sp³-hybridized carbons (Fsp3) is 0.273. The number of nitrogens with zero attached hydrogens (tertiary/aromatic N) is 3. The summed E-state index contributed by atoms with van der Waals surface area (Å²) in [7, 11) is 0. The maximum atomic E-state index is 12.9. The molecule has 2 heterocycles. The lowest BCUT2D eigenvalue weighted by Crippen LogP contribution is -2.28. The molecule has 0 bridgehead atoms. The Morgan fingerprint density at radius 2 is 1.97 bits per heavy atom. The van der Waals surface area contributed by atoms with Crippen molar-refractivity contribution in [2.75, 3.05) is 18.4 Å². The van der Waals surface area contributed by atoms with E-state index in [9.17, 15) is 9.90 Å². The van der Waals surface area contributed by atoms with Crippen molar-refractivity contribution in [3.05, 3.63) is 58.9 Å². The second kappa shape index (κ2) is 7.98. The van der Waals surface area contributed by atoms with E-state index in [1.54, 1.807) is 12.1 Å². The topological polar surface area (TPSA) is 128 Å². The minimum absolute atomic E-state index is 0.0471. The maximum Gasteiger partial charge on any atom is 0.254 e. The fourth-order valence-electron chi connectivity index (χ4n) is 3.84. The van der Waals surface area contributed by atoms with Gasteiger partial charge in [-0.25, -0.2) is 9.97 Å². The zero-order chi connectivity index (χ0) is 21.3. The van der Waals surface area contributed by atoms with Crippen LogP contribution >= 0.6 is 0 Å². The molecule has 1 aliphatic heterocycles. The van der Waals surface area contributed by atoms with Crippen LogP contribution in [0, 0.1) is 12.3 Å². The summed E-state index contributed by atoms with van der Waals surface area (Å²) < 4.78 is 0. The number of aromatic nitrogens is 2. The standard InChI is InChI=1S/C22H24N6O2/c1-13-8-18-19(10-17(13)22(30)28-6-2-3-7-28)26-12-27-21(18)25-11-14-9-15(29)4-5-16(14)20(23)24/h4-5,8-10,12,29H,2-3,6-7,11H2,1H3,(H3,23,24)(H,25,26,27). The Hall–Kier alpha value is -3.68. The molecule has 5 N–H and O–H groups in total. The van der Waals surface area contributed by atoms with Crippen molar-refractivity contribution in [3.63, 3.8) is 0 Å². The highest BCUT2D eigenvalue weighted by atomic mass is 16.3. The highest BCUT2D eigenvalue weighted by molar-refractivity contribution is 6.01. The van der Waals surface area contributed by atoms with Gasteiger partial charge in [0.25, 0.3) is 5.91 Å². The van der Waals surface area contributed by atoms with E-state index in [1.165, 1.54) is 12.4 Å². The van der Waals surface area contributed by atoms with Gasteiger partial charge in [0, 0.05) is 36.1 Å². The van der Waals surface area contributed by atoms with Crippen LogP contribution < -0.4 is 11.1 Å². The number of nitrogen functional groups attached to an aromatic ring is 1. The smallest absolute Gasteiger partial charge is 0.254 e. The first-order valence-electron chi connectivity index (χ1n) is 9.89. The molecule has 1 aliphatic rings. The molecule has 0 aliphatic carbocycles. The Balaban J connectivity index is 1.64. The van der Waals surface area contributed by atoms with Crippen molar-refractivity contribution < 1.29 is 9.90 Å². The molecule has 1 saturated heterocycles. The predicted molar refractivity (Wildman–Crippen MR) is 116 cm³/mol. The van der Waals surface area contributed by atoms with Crippen LogP contribution in [0.25, 0.3) is 10.9 Å². The molecule has 8 nitrogen and oxygen atoms in total. The number of hydrogen-bond donors (Lipinski definition) is 4. The summed E-state index contributed by atoms with van der Waals surface area (Å²) in [5, 5.41) is 21.6. The van der Waals surface area contributed by atoms with Gasteiger partial charge in [-0.15, -0.1) is 0 Å². The number of aryl methyl sites for hydroxylation is 1. The molecule has 1 fully saturated rings. The van der Waals surface area contributed by atoms with E-state index in [4.69, 9.17) is 11.1 Å². The van der Waals surface area contributed by atoms with Crippen LogP contribution in [0.1, 0.15) is 39.9 Å². The maximum absolute atomic E-state index is 12.9. The van der Waals surface area contributed by atoms with Gasteiger partial charge in [-0.1, -0.05) is 0 Å². The van der Waals surface area contributed by atoms with Gasteiger partial charge in [-0.05, 0) is 61.2 Å². The lowest BCUT2D eigenvalue weighted by atomic mass is 10.0. The zero-order valence-electron chi connectivity index (χ0n) is 16.8. The average molecular weight is 404 g/mol. The SMILES string of the molecule is Cc1cc2c(NCc3cc(O)ccc3C(=N)N)ncnc2cc1C(=O)N1CCCC1. The molecule has 30 heavy (non-hydrogen) atoms. The van der Waals surface area contributed by atoms with Gasteiger partial charge < -0.3 is 21.1 Å². The summed E-state index contributed by atoms with van der Waals surface area (Å²) in [6.45, 7) is 3.84. The molecular weight excluding hydrogens is 380 g/mol. The van der Waals surface area contributed by atoms with E-state index in [0.29, 0.717) is 34.6 Å². The third kappa shape index (κ3) is 3.76. The molecule has 0 unspecified atom stereocenters. The summed E-state index contributed by atoms with van der Waals surface area (Å²) >= 11 is 0. The minimum atomic E-state index is -0.0692. The van der Waals surface area contributed by atoms with Crippen molar-refractivity contribution in [3.8, 4) is 5.75 Å². The van der Waals surface area contributed by atoms with E-state index in [1.807, 2.05) is 24.0 Å². The van der Waals surface area contributed by atoms with Gasteiger partial charge in [-0.3, -0.25) is 10.2 Å². The summed E-state index contributed by atoms with van der Waals surface area (Å²) in [5.74, 6) is 0.692. The van der Waals surface area contributed by atoms with Crippen LogP contribution in [0.3, 0.4) is 0 Å². The van der Waals surface area contributed by atoms with E-state index in [-0.39, 0.29) is 17.5 Å². The second-order valence-electron chi connectivity index (χ2n) is 7.51. The second-order valence-corrected chi connectivity index (χ2v) is 7.51. The number of benzene rings is 2. The molecule has 0 radical (unpaired) electrons. The van der Waals surface area contributed by atoms with E-state index in [0.717, 1.165) is 36.9 Å². The number of carbonyl (C=O) groups is 1. The summed E-state index contributed by atoms with van der Waals surface area (Å²) in [5.41, 5.74) is 9.11. The lowest BCUT2D eigenvalue weighted by molar-refractivity contribution is 0.0792. The Morgan fingerprint density at radius 3 is 2.70 bits per heavy atom. The molecule has 0 atom stereocenters. The number of carbonyl (C=O) groups excluding carboxylic acids is 1. The van der Waals surface area contributed by atoms with Crippen LogP contribution in [0.4, 0.5) is 5.82 Å². The van der Waals surface area contributed by atoms with E-state index < -0.39 is 0 Å². The van der Waals surface area contributed by atoms with Crippen molar-refractivity contribution in [2.24, 2.45) is 5.73 Å². The van der Waals surface area contributed by atoms with Gasteiger partial charge >= 0.3 is 0 Å². The van der Waals surface area contributed by atoms with Crippen molar-refractivity contribution in [2.45, 2.75) is 26.3 Å². The van der Waals surface area contributed by atoms with Gasteiger partial charge in [0.1, 0.15) is 23.7 Å². The summed E-state index contributed by atoms with van der Waals surface area (Å²) in [6, 6.07) is 8.45. The third-order valence-electron chi connectivity index (χ3n) is 5.43. The Bertz CT molecular complexity index is 1140. The molecule has 8 heteroatoms. The van der Waals surface area contributed by atoms with Crippen LogP contribution in [0.5, 0.6) is 5.75 Å². The van der Waals surface area contributed by atoms with E-state index >= 15 is 0 Å². The number of amides is 1. The van der Waals surface area contributed by atoms with Gasteiger partial charge in [-0.2, -0.15) is 0 Å². The first kappa shape index (κ1) is 19.6. The number of anilines is 1. The zero-order valence-corrected chi connectivity index (χ0v) is 16.8. The number of nitrogens with one attached hydrogen (secondary N) is 2. The quantitative estimate of drug-likeness (QED) is 0.382. The molecule has 0 spiro atoms. The van der Waals surface area contributed by atoms with Crippen LogP contribution in [0.2, 0.25) is 0 Å². The monoisotopic (exact) mass is 404 g/mol. The van der Waals surface area contributed by atoms with Crippen LogP contribution in [0.15, 0.2) is 36.7 Å². The Kier molecular flexibility index (Phi) is 5.22. The Morgan fingerprint density at radius 1 is 1.20 bits per heavy atom. The lowest BCUT2D eigenvalue weighted by Gasteiger charge is -2.18. The normalized spacial score (nSPS) is 13.6. The average Bonchev–Trinajstić information content (AvgIpc) is 3.26. The number of amidine groups is 1. The number of phenols is 1. The fourth-order valence-corrected chi connectivity index (χ4v) is 3.84.